The second-order valence-corrected chi connectivity index (χ2v) is 10.3. The number of nitrogens with zero attached hydrogens (tertiary/aromatic N) is 1. The summed E-state index contributed by atoms with van der Waals surface area (Å²) in [6.45, 7) is 5.77. The molecule has 5 nitrogen and oxygen atoms in total. The minimum atomic E-state index is 0.00258. The molecule has 0 atom stereocenters. The van der Waals surface area contributed by atoms with E-state index in [0.29, 0.717) is 24.4 Å². The van der Waals surface area contributed by atoms with Gasteiger partial charge in [-0.15, -0.1) is 0 Å². The number of anilines is 1. The van der Waals surface area contributed by atoms with Crippen molar-refractivity contribution >= 4 is 41.8 Å². The lowest BCUT2D eigenvalue weighted by molar-refractivity contribution is -0.123. The fourth-order valence-corrected chi connectivity index (χ4v) is 4.84. The minimum Gasteiger partial charge on any atom is -0.398 e. The molecule has 0 aliphatic heterocycles. The molecule has 3 rings (SSSR count). The van der Waals surface area contributed by atoms with Crippen molar-refractivity contribution in [2.45, 2.75) is 39.5 Å². The van der Waals surface area contributed by atoms with Gasteiger partial charge >= 0.3 is 0 Å². The topological polar surface area (TPSA) is 82.2 Å². The number of allylic oxidation sites excluding steroid dienone is 1. The molecular formula is C34H43BN4O. The fourth-order valence-electron chi connectivity index (χ4n) is 4.84. The maximum absolute atomic E-state index is 11.6. The maximum atomic E-state index is 11.6. The standard InChI is InChI=1S/C34H43BN4O/c1-5-27(28-12-7-8-13-30(28)35)34(26-19-20-32(37)29(23-26)31(36)6-2)25-17-15-24(16-18-25)11-9-21-38-22-10-14-33(40)39(3)4/h7-8,10,12-20,23,36,38H,5-6,9,11,21-22,35,37H2,1-4H3/b14-10+,34-27+,36-31?. The normalized spacial score (nSPS) is 11.9. The molecule has 0 radical (unpaired) electrons. The Morgan fingerprint density at radius 1 is 0.975 bits per heavy atom. The van der Waals surface area contributed by atoms with E-state index in [4.69, 9.17) is 11.1 Å². The lowest BCUT2D eigenvalue weighted by atomic mass is 9.81. The second-order valence-electron chi connectivity index (χ2n) is 10.3. The van der Waals surface area contributed by atoms with Crippen LogP contribution in [0.15, 0.2) is 78.9 Å². The summed E-state index contributed by atoms with van der Waals surface area (Å²) in [5, 5.41) is 11.8. The van der Waals surface area contributed by atoms with Crippen LogP contribution in [0.25, 0.3) is 11.1 Å². The monoisotopic (exact) mass is 534 g/mol. The summed E-state index contributed by atoms with van der Waals surface area (Å²) in [6, 6.07) is 23.6. The van der Waals surface area contributed by atoms with Crippen molar-refractivity contribution in [2.75, 3.05) is 32.9 Å². The van der Waals surface area contributed by atoms with Crippen LogP contribution < -0.4 is 16.5 Å². The zero-order chi connectivity index (χ0) is 29.1. The Balaban J connectivity index is 1.87. The largest absolute Gasteiger partial charge is 0.398 e. The first-order chi connectivity index (χ1) is 19.3. The Morgan fingerprint density at radius 2 is 1.68 bits per heavy atom. The van der Waals surface area contributed by atoms with Gasteiger partial charge in [-0.2, -0.15) is 0 Å². The third-order valence-corrected chi connectivity index (χ3v) is 7.17. The lowest BCUT2D eigenvalue weighted by Crippen LogP contribution is -2.20. The van der Waals surface area contributed by atoms with E-state index in [-0.39, 0.29) is 5.91 Å². The zero-order valence-electron chi connectivity index (χ0n) is 24.7. The number of nitrogen functional groups attached to an aromatic ring is 1. The van der Waals surface area contributed by atoms with Gasteiger partial charge in [-0.1, -0.05) is 80.0 Å². The molecule has 40 heavy (non-hydrogen) atoms. The van der Waals surface area contributed by atoms with Crippen molar-refractivity contribution in [1.82, 2.24) is 10.2 Å². The molecule has 0 aromatic heterocycles. The summed E-state index contributed by atoms with van der Waals surface area (Å²) < 4.78 is 0. The number of carbonyl (C=O) groups excluding carboxylic acids is 1. The highest BCUT2D eigenvalue weighted by Gasteiger charge is 2.16. The van der Waals surface area contributed by atoms with Crippen LogP contribution in [0, 0.1) is 5.41 Å². The molecule has 0 fully saturated rings. The molecule has 3 aromatic rings. The van der Waals surface area contributed by atoms with Gasteiger partial charge in [0.05, 0.1) is 0 Å². The van der Waals surface area contributed by atoms with E-state index >= 15 is 0 Å². The van der Waals surface area contributed by atoms with Gasteiger partial charge in [-0.3, -0.25) is 4.79 Å². The summed E-state index contributed by atoms with van der Waals surface area (Å²) in [5.74, 6) is 0.00258. The Labute approximate surface area is 241 Å². The average Bonchev–Trinajstić information content (AvgIpc) is 2.96. The van der Waals surface area contributed by atoms with Crippen LogP contribution in [-0.2, 0) is 11.2 Å². The second kappa shape index (κ2) is 15.0. The number of aryl methyl sites for hydroxylation is 1. The molecule has 1 amide bonds. The van der Waals surface area contributed by atoms with E-state index in [9.17, 15) is 4.79 Å². The van der Waals surface area contributed by atoms with E-state index in [0.717, 1.165) is 42.5 Å². The van der Waals surface area contributed by atoms with Gasteiger partial charge in [0.25, 0.3) is 0 Å². The number of amides is 1. The first-order valence-electron chi connectivity index (χ1n) is 14.2. The number of likely N-dealkylation sites (N-methyl/N-ethyl adjacent to an activating group) is 1. The van der Waals surface area contributed by atoms with Crippen LogP contribution in [0.1, 0.15) is 60.9 Å². The Kier molecular flexibility index (Phi) is 11.5. The number of benzene rings is 3. The number of carbonyl (C=O) groups is 1. The van der Waals surface area contributed by atoms with Crippen LogP contribution in [0.2, 0.25) is 0 Å². The van der Waals surface area contributed by atoms with Crippen molar-refractivity contribution in [1.29, 1.82) is 5.41 Å². The van der Waals surface area contributed by atoms with Gasteiger partial charge in [0.15, 0.2) is 0 Å². The molecule has 3 aromatic carbocycles. The molecule has 4 N–H and O–H groups in total. The third kappa shape index (κ3) is 8.06. The van der Waals surface area contributed by atoms with Crippen LogP contribution in [0.4, 0.5) is 5.69 Å². The molecule has 0 saturated carbocycles. The molecule has 0 bridgehead atoms. The highest BCUT2D eigenvalue weighted by atomic mass is 16.2. The van der Waals surface area contributed by atoms with E-state index in [1.165, 1.54) is 27.7 Å². The molecule has 208 valence electrons. The zero-order valence-corrected chi connectivity index (χ0v) is 24.7. The molecule has 0 aliphatic rings. The summed E-state index contributed by atoms with van der Waals surface area (Å²) >= 11 is 0. The molecule has 0 unspecified atom stereocenters. The van der Waals surface area contributed by atoms with Crippen molar-refractivity contribution < 1.29 is 4.79 Å². The van der Waals surface area contributed by atoms with Gasteiger partial charge in [-0.25, -0.2) is 0 Å². The Hall–Kier alpha value is -3.90. The maximum Gasteiger partial charge on any atom is 0.245 e. The minimum absolute atomic E-state index is 0.00258. The molecule has 0 spiro atoms. The van der Waals surface area contributed by atoms with Crippen LogP contribution in [0.3, 0.4) is 0 Å². The van der Waals surface area contributed by atoms with Gasteiger partial charge in [0.2, 0.25) is 5.91 Å². The van der Waals surface area contributed by atoms with Crippen LogP contribution in [0.5, 0.6) is 0 Å². The van der Waals surface area contributed by atoms with Crippen molar-refractivity contribution in [2.24, 2.45) is 0 Å². The number of nitrogens with one attached hydrogen (secondary N) is 2. The van der Waals surface area contributed by atoms with Crippen molar-refractivity contribution in [3.63, 3.8) is 0 Å². The predicted octanol–water partition coefficient (Wildman–Crippen LogP) is 4.84. The van der Waals surface area contributed by atoms with E-state index in [1.54, 1.807) is 25.1 Å². The first-order valence-corrected chi connectivity index (χ1v) is 14.2. The van der Waals surface area contributed by atoms with Crippen LogP contribution in [-0.4, -0.2) is 51.5 Å². The Bertz CT molecular complexity index is 1370. The highest BCUT2D eigenvalue weighted by Crippen LogP contribution is 2.35. The summed E-state index contributed by atoms with van der Waals surface area (Å²) in [5.41, 5.74) is 16.8. The molecule has 6 heteroatoms. The molecule has 0 aliphatic carbocycles. The highest BCUT2D eigenvalue weighted by molar-refractivity contribution is 6.35. The fraction of sp³-hybridized carbons (Fsp3) is 0.294. The van der Waals surface area contributed by atoms with Gasteiger partial charge in [-0.05, 0) is 77.8 Å². The summed E-state index contributed by atoms with van der Waals surface area (Å²) in [4.78, 5) is 13.2. The van der Waals surface area contributed by atoms with E-state index in [1.807, 2.05) is 19.1 Å². The van der Waals surface area contributed by atoms with E-state index in [2.05, 4.69) is 80.8 Å². The number of hydrogen-bond donors (Lipinski definition) is 3. The smallest absolute Gasteiger partial charge is 0.245 e. The molecular weight excluding hydrogens is 491 g/mol. The molecule has 0 heterocycles. The SMILES string of the molecule is Bc1ccccc1/C(CC)=C(\c1ccc(CCCNC/C=C/C(=O)N(C)C)cc1)c1ccc(N)c(C(=N)CC)c1. The lowest BCUT2D eigenvalue weighted by Gasteiger charge is -2.19. The number of hydrogen-bond acceptors (Lipinski definition) is 4. The predicted molar refractivity (Wildman–Crippen MR) is 174 cm³/mol. The summed E-state index contributed by atoms with van der Waals surface area (Å²) in [6.07, 6.45) is 6.99. The third-order valence-electron chi connectivity index (χ3n) is 7.17. The van der Waals surface area contributed by atoms with Crippen LogP contribution >= 0.6 is 0 Å². The van der Waals surface area contributed by atoms with Gasteiger partial charge in [0.1, 0.15) is 7.85 Å². The van der Waals surface area contributed by atoms with Crippen molar-refractivity contribution in [3.05, 3.63) is 107 Å². The number of nitrogens with two attached hydrogens (primary N) is 1. The first kappa shape index (κ1) is 30.6. The van der Waals surface area contributed by atoms with E-state index < -0.39 is 0 Å². The quantitative estimate of drug-likeness (QED) is 0.0733. The summed E-state index contributed by atoms with van der Waals surface area (Å²) in [7, 11) is 5.67. The average molecular weight is 535 g/mol. The van der Waals surface area contributed by atoms with Gasteiger partial charge in [0, 0.05) is 43.7 Å². The molecule has 0 saturated heterocycles. The van der Waals surface area contributed by atoms with Crippen molar-refractivity contribution in [3.8, 4) is 0 Å². The Morgan fingerprint density at radius 3 is 2.33 bits per heavy atom. The van der Waals surface area contributed by atoms with Gasteiger partial charge < -0.3 is 21.4 Å². The number of rotatable bonds is 13.